The van der Waals surface area contributed by atoms with Crippen LogP contribution in [0.25, 0.3) is 17.1 Å². The number of nitrogens with one attached hydrogen (secondary N) is 1. The number of hydrogen-bond acceptors (Lipinski definition) is 6. The molecule has 0 bridgehead atoms. The first-order valence-electron chi connectivity index (χ1n) is 10.2. The van der Waals surface area contributed by atoms with Crippen LogP contribution in [-0.2, 0) is 23.8 Å². The van der Waals surface area contributed by atoms with E-state index in [1.807, 2.05) is 64.1 Å². The van der Waals surface area contributed by atoms with Crippen molar-refractivity contribution in [3.63, 3.8) is 0 Å². The Hall–Kier alpha value is -3.95. The van der Waals surface area contributed by atoms with Crippen molar-refractivity contribution in [3.8, 4) is 17.1 Å². The van der Waals surface area contributed by atoms with Crippen LogP contribution < -0.4 is 11.1 Å². The maximum absolute atomic E-state index is 12.5. The first-order valence-corrected chi connectivity index (χ1v) is 10.2. The van der Waals surface area contributed by atoms with Crippen molar-refractivity contribution in [2.45, 2.75) is 39.7 Å². The summed E-state index contributed by atoms with van der Waals surface area (Å²) in [5.41, 5.74) is 2.91. The first-order chi connectivity index (χ1) is 15.1. The van der Waals surface area contributed by atoms with Gasteiger partial charge in [0.25, 0.3) is 5.89 Å². The normalized spacial score (nSPS) is 11.7. The minimum Gasteiger partial charge on any atom is -0.387 e. The topological polar surface area (TPSA) is 113 Å². The summed E-state index contributed by atoms with van der Waals surface area (Å²) in [4.78, 5) is 24.8. The molecular weight excluding hydrogens is 410 g/mol. The molecule has 4 aromatic rings. The molecule has 10 nitrogen and oxygen atoms in total. The quantitative estimate of drug-likeness (QED) is 0.516. The molecule has 1 amide bonds. The Bertz CT molecular complexity index is 1320. The van der Waals surface area contributed by atoms with E-state index in [2.05, 4.69) is 20.6 Å². The molecule has 3 aromatic heterocycles. The fraction of sp³-hybridized carbons (Fsp3) is 0.318. The van der Waals surface area contributed by atoms with Gasteiger partial charge in [-0.15, -0.1) is 5.10 Å². The average Bonchev–Trinajstić information content (AvgIpc) is 3.40. The molecule has 0 saturated carbocycles. The predicted octanol–water partition coefficient (Wildman–Crippen LogP) is 2.67. The number of amides is 1. The smallest absolute Gasteiger partial charge is 0.387 e. The number of aryl methyl sites for hydroxylation is 1. The van der Waals surface area contributed by atoms with Gasteiger partial charge in [-0.25, -0.2) is 9.48 Å². The van der Waals surface area contributed by atoms with E-state index in [4.69, 9.17) is 4.42 Å². The Balaban J connectivity index is 1.53. The van der Waals surface area contributed by atoms with E-state index in [1.54, 1.807) is 22.6 Å². The number of carbonyl (C=O) groups is 1. The molecule has 0 aliphatic carbocycles. The molecule has 0 saturated heterocycles. The summed E-state index contributed by atoms with van der Waals surface area (Å²) in [6, 6.07) is 11.4. The highest BCUT2D eigenvalue weighted by Gasteiger charge is 2.21. The SMILES string of the molecule is Cc1c(-c2nn(CC(=O)Nc3cc(C(C)(C)C)nn3C)c(=O)o2)cnn1-c1ccccc1. The van der Waals surface area contributed by atoms with Gasteiger partial charge in [-0.05, 0) is 19.1 Å². The lowest BCUT2D eigenvalue weighted by Crippen LogP contribution is -2.26. The molecule has 0 unspecified atom stereocenters. The van der Waals surface area contributed by atoms with Gasteiger partial charge in [-0.1, -0.05) is 39.0 Å². The fourth-order valence-corrected chi connectivity index (χ4v) is 3.23. The van der Waals surface area contributed by atoms with Crippen LogP contribution in [0.2, 0.25) is 0 Å². The van der Waals surface area contributed by atoms with E-state index in [1.165, 1.54) is 0 Å². The Morgan fingerprint density at radius 1 is 1.16 bits per heavy atom. The summed E-state index contributed by atoms with van der Waals surface area (Å²) in [5.74, 6) is -0.482. The molecule has 0 atom stereocenters. The number of benzene rings is 1. The maximum Gasteiger partial charge on any atom is 0.437 e. The van der Waals surface area contributed by atoms with Gasteiger partial charge in [-0.2, -0.15) is 14.9 Å². The van der Waals surface area contributed by atoms with Gasteiger partial charge in [0.15, 0.2) is 0 Å². The van der Waals surface area contributed by atoms with E-state index in [-0.39, 0.29) is 17.9 Å². The molecule has 4 rings (SSSR count). The second-order valence-corrected chi connectivity index (χ2v) is 8.56. The molecule has 1 aromatic carbocycles. The molecule has 0 aliphatic heterocycles. The van der Waals surface area contributed by atoms with Gasteiger partial charge in [0.1, 0.15) is 12.4 Å². The number of para-hydroxylation sites is 1. The van der Waals surface area contributed by atoms with Gasteiger partial charge in [0, 0.05) is 18.5 Å². The lowest BCUT2D eigenvalue weighted by Gasteiger charge is -2.13. The van der Waals surface area contributed by atoms with Crippen LogP contribution in [-0.4, -0.2) is 35.2 Å². The van der Waals surface area contributed by atoms with Crippen molar-refractivity contribution in [2.24, 2.45) is 7.05 Å². The summed E-state index contributed by atoms with van der Waals surface area (Å²) in [6.45, 7) is 7.69. The molecule has 0 aliphatic rings. The van der Waals surface area contributed by atoms with Crippen molar-refractivity contribution in [1.29, 1.82) is 0 Å². The third-order valence-electron chi connectivity index (χ3n) is 5.06. The van der Waals surface area contributed by atoms with E-state index >= 15 is 0 Å². The number of aromatic nitrogens is 6. The molecule has 0 spiro atoms. The van der Waals surface area contributed by atoms with Crippen molar-refractivity contribution < 1.29 is 9.21 Å². The van der Waals surface area contributed by atoms with Crippen LogP contribution in [0, 0.1) is 6.92 Å². The standard InChI is InChI=1S/C22H25N7O3/c1-14-16(12-23-29(14)15-9-7-6-8-10-15)20-26-28(21(31)32-20)13-19(30)24-18-11-17(22(2,3)4)25-27(18)5/h6-12H,13H2,1-5H3,(H,24,30). The minimum absolute atomic E-state index is 0.109. The molecule has 1 N–H and O–H groups in total. The molecule has 0 fully saturated rings. The van der Waals surface area contributed by atoms with Crippen molar-refractivity contribution in [2.75, 3.05) is 5.32 Å². The lowest BCUT2D eigenvalue weighted by atomic mass is 9.92. The summed E-state index contributed by atoms with van der Waals surface area (Å²) in [6.07, 6.45) is 1.59. The second kappa shape index (κ2) is 7.95. The van der Waals surface area contributed by atoms with Gasteiger partial charge >= 0.3 is 5.76 Å². The van der Waals surface area contributed by atoms with Crippen LogP contribution in [0.5, 0.6) is 0 Å². The number of rotatable bonds is 5. The molecular formula is C22H25N7O3. The lowest BCUT2D eigenvalue weighted by molar-refractivity contribution is -0.117. The average molecular weight is 435 g/mol. The largest absolute Gasteiger partial charge is 0.437 e. The summed E-state index contributed by atoms with van der Waals surface area (Å²) in [7, 11) is 1.75. The van der Waals surface area contributed by atoms with E-state index < -0.39 is 11.7 Å². The monoisotopic (exact) mass is 435 g/mol. The van der Waals surface area contributed by atoms with Crippen molar-refractivity contribution >= 4 is 11.7 Å². The fourth-order valence-electron chi connectivity index (χ4n) is 3.23. The number of hydrogen-bond donors (Lipinski definition) is 1. The zero-order chi connectivity index (χ0) is 23.0. The van der Waals surface area contributed by atoms with Gasteiger partial charge < -0.3 is 9.73 Å². The Morgan fingerprint density at radius 2 is 1.88 bits per heavy atom. The van der Waals surface area contributed by atoms with Gasteiger partial charge in [-0.3, -0.25) is 9.48 Å². The first kappa shape index (κ1) is 21.3. The molecule has 32 heavy (non-hydrogen) atoms. The third-order valence-corrected chi connectivity index (χ3v) is 5.06. The van der Waals surface area contributed by atoms with Crippen molar-refractivity contribution in [3.05, 3.63) is 64.5 Å². The molecule has 0 radical (unpaired) electrons. The van der Waals surface area contributed by atoms with Crippen LogP contribution in [0.15, 0.2) is 51.8 Å². The summed E-state index contributed by atoms with van der Waals surface area (Å²) < 4.78 is 9.62. The highest BCUT2D eigenvalue weighted by molar-refractivity contribution is 5.89. The van der Waals surface area contributed by atoms with Crippen LogP contribution in [0.4, 0.5) is 5.82 Å². The highest BCUT2D eigenvalue weighted by atomic mass is 16.4. The van der Waals surface area contributed by atoms with Crippen molar-refractivity contribution in [1.82, 2.24) is 29.3 Å². The zero-order valence-electron chi connectivity index (χ0n) is 18.7. The Labute approximate surface area is 184 Å². The second-order valence-electron chi connectivity index (χ2n) is 8.56. The maximum atomic E-state index is 12.5. The van der Waals surface area contributed by atoms with Crippen LogP contribution in [0.1, 0.15) is 32.2 Å². The zero-order valence-corrected chi connectivity index (χ0v) is 18.7. The van der Waals surface area contributed by atoms with E-state index in [0.717, 1.165) is 21.8 Å². The number of nitrogens with zero attached hydrogens (tertiary/aromatic N) is 6. The molecule has 166 valence electrons. The third kappa shape index (κ3) is 4.11. The van der Waals surface area contributed by atoms with E-state index in [0.29, 0.717) is 11.4 Å². The number of anilines is 1. The predicted molar refractivity (Wildman–Crippen MR) is 119 cm³/mol. The Kier molecular flexibility index (Phi) is 5.29. The summed E-state index contributed by atoms with van der Waals surface area (Å²) >= 11 is 0. The highest BCUT2D eigenvalue weighted by Crippen LogP contribution is 2.24. The number of carbonyl (C=O) groups excluding carboxylic acids is 1. The molecule has 3 heterocycles. The van der Waals surface area contributed by atoms with E-state index in [9.17, 15) is 9.59 Å². The van der Waals surface area contributed by atoms with Gasteiger partial charge in [0.2, 0.25) is 5.91 Å². The minimum atomic E-state index is -0.720. The molecule has 10 heteroatoms. The van der Waals surface area contributed by atoms with Crippen LogP contribution in [0.3, 0.4) is 0 Å². The summed E-state index contributed by atoms with van der Waals surface area (Å²) in [5, 5.41) is 15.8. The van der Waals surface area contributed by atoms with Gasteiger partial charge in [0.05, 0.1) is 28.8 Å². The Morgan fingerprint density at radius 3 is 2.53 bits per heavy atom. The van der Waals surface area contributed by atoms with Crippen LogP contribution >= 0.6 is 0 Å².